The maximum Gasteiger partial charge on any atom is 0.234 e. The number of nitrogens with zero attached hydrogens (tertiary/aromatic N) is 4. The van der Waals surface area contributed by atoms with E-state index in [2.05, 4.69) is 20.8 Å². The molecule has 0 saturated heterocycles. The summed E-state index contributed by atoms with van der Waals surface area (Å²) in [5.41, 5.74) is 1.99. The number of hydrogen-bond donors (Lipinski definition) is 1. The molecule has 0 fully saturated rings. The van der Waals surface area contributed by atoms with Gasteiger partial charge in [0.15, 0.2) is 5.78 Å². The predicted molar refractivity (Wildman–Crippen MR) is 102 cm³/mol. The normalized spacial score (nSPS) is 10.4. The number of benzene rings is 2. The summed E-state index contributed by atoms with van der Waals surface area (Å²) < 4.78 is 6.69. The van der Waals surface area contributed by atoms with Crippen LogP contribution < -0.4 is 10.1 Å². The van der Waals surface area contributed by atoms with E-state index in [9.17, 15) is 9.59 Å². The van der Waals surface area contributed by atoms with Crippen LogP contribution in [0.5, 0.6) is 5.75 Å². The highest BCUT2D eigenvalue weighted by atomic mass is 32.2. The summed E-state index contributed by atoms with van der Waals surface area (Å²) in [6.45, 7) is 1.50. The van der Waals surface area contributed by atoms with Gasteiger partial charge in [-0.25, -0.2) is 0 Å². The first kappa shape index (κ1) is 18.6. The molecule has 138 valence electrons. The molecule has 0 saturated carbocycles. The Morgan fingerprint density at radius 1 is 1.11 bits per heavy atom. The highest BCUT2D eigenvalue weighted by Gasteiger charge is 2.12. The van der Waals surface area contributed by atoms with E-state index in [1.165, 1.54) is 18.7 Å². The van der Waals surface area contributed by atoms with Crippen molar-refractivity contribution in [1.82, 2.24) is 20.2 Å². The Hall–Kier alpha value is -3.20. The van der Waals surface area contributed by atoms with Crippen molar-refractivity contribution in [3.8, 4) is 11.4 Å². The van der Waals surface area contributed by atoms with Gasteiger partial charge in [-0.3, -0.25) is 9.59 Å². The lowest BCUT2D eigenvalue weighted by molar-refractivity contribution is -0.113. The number of Topliss-reactive ketones (excluding diaryl/α,β-unsaturated/α-hetero) is 1. The summed E-state index contributed by atoms with van der Waals surface area (Å²) in [5.74, 6) is 0.662. The highest BCUT2D eigenvalue weighted by molar-refractivity contribution is 7.99. The molecule has 0 unspecified atom stereocenters. The van der Waals surface area contributed by atoms with E-state index < -0.39 is 0 Å². The Labute approximate surface area is 159 Å². The lowest BCUT2D eigenvalue weighted by Crippen LogP contribution is -2.14. The van der Waals surface area contributed by atoms with Gasteiger partial charge in [-0.2, -0.15) is 4.68 Å². The number of hydrogen-bond acceptors (Lipinski definition) is 7. The molecule has 1 heterocycles. The summed E-state index contributed by atoms with van der Waals surface area (Å²) in [4.78, 5) is 23.4. The van der Waals surface area contributed by atoms with Gasteiger partial charge in [-0.05, 0) is 65.9 Å². The van der Waals surface area contributed by atoms with E-state index in [1.54, 1.807) is 36.1 Å². The second-order valence-electron chi connectivity index (χ2n) is 5.54. The molecule has 0 aliphatic carbocycles. The number of nitrogens with one attached hydrogen (secondary N) is 1. The molecule has 8 nitrogen and oxygen atoms in total. The van der Waals surface area contributed by atoms with Crippen LogP contribution in [0.3, 0.4) is 0 Å². The van der Waals surface area contributed by atoms with Crippen LogP contribution in [0, 0.1) is 0 Å². The van der Waals surface area contributed by atoms with Crippen LogP contribution in [0.1, 0.15) is 17.3 Å². The van der Waals surface area contributed by atoms with Crippen LogP contribution >= 0.6 is 11.8 Å². The number of anilines is 1. The fourth-order valence-electron chi connectivity index (χ4n) is 2.27. The number of ether oxygens (including phenoxy) is 1. The van der Waals surface area contributed by atoms with Crippen LogP contribution in [-0.2, 0) is 4.79 Å². The lowest BCUT2D eigenvalue weighted by Gasteiger charge is -2.07. The minimum Gasteiger partial charge on any atom is -0.497 e. The fourth-order valence-corrected chi connectivity index (χ4v) is 2.96. The summed E-state index contributed by atoms with van der Waals surface area (Å²) in [6, 6.07) is 14.0. The number of thioether (sulfide) groups is 1. The lowest BCUT2D eigenvalue weighted by atomic mass is 10.1. The molecule has 3 rings (SSSR count). The average molecular weight is 383 g/mol. The molecule has 0 radical (unpaired) electrons. The summed E-state index contributed by atoms with van der Waals surface area (Å²) in [6.07, 6.45) is 0. The smallest absolute Gasteiger partial charge is 0.234 e. The van der Waals surface area contributed by atoms with Gasteiger partial charge in [0.25, 0.3) is 0 Å². The topological polar surface area (TPSA) is 99.0 Å². The molecule has 0 aliphatic heterocycles. The third-order valence-electron chi connectivity index (χ3n) is 3.67. The van der Waals surface area contributed by atoms with Gasteiger partial charge in [0.05, 0.1) is 18.6 Å². The predicted octanol–water partition coefficient (Wildman–Crippen LogP) is 2.60. The first-order valence-electron chi connectivity index (χ1n) is 8.03. The van der Waals surface area contributed by atoms with Gasteiger partial charge in [0.2, 0.25) is 11.1 Å². The van der Waals surface area contributed by atoms with Crippen molar-refractivity contribution in [3.63, 3.8) is 0 Å². The van der Waals surface area contributed by atoms with E-state index in [4.69, 9.17) is 4.74 Å². The average Bonchev–Trinajstić information content (AvgIpc) is 3.15. The Morgan fingerprint density at radius 3 is 2.44 bits per heavy atom. The zero-order valence-electron chi connectivity index (χ0n) is 14.7. The maximum atomic E-state index is 12.2. The van der Waals surface area contributed by atoms with Gasteiger partial charge in [-0.15, -0.1) is 5.10 Å². The van der Waals surface area contributed by atoms with Gasteiger partial charge >= 0.3 is 0 Å². The molecule has 0 aliphatic rings. The molecule has 2 aromatic carbocycles. The van der Waals surface area contributed by atoms with E-state index in [0.717, 1.165) is 11.4 Å². The SMILES string of the molecule is COc1ccc(-n2nnnc2SCC(=O)Nc2ccc(C(C)=O)cc2)cc1. The van der Waals surface area contributed by atoms with Crippen LogP contribution in [0.4, 0.5) is 5.69 Å². The molecule has 1 N–H and O–H groups in total. The molecule has 0 spiro atoms. The van der Waals surface area contributed by atoms with Crippen LogP contribution in [-0.4, -0.2) is 44.8 Å². The highest BCUT2D eigenvalue weighted by Crippen LogP contribution is 2.20. The molecule has 1 amide bonds. The van der Waals surface area contributed by atoms with Crippen LogP contribution in [0.15, 0.2) is 53.7 Å². The zero-order chi connectivity index (χ0) is 19.2. The van der Waals surface area contributed by atoms with E-state index in [-0.39, 0.29) is 17.4 Å². The number of carbonyl (C=O) groups is 2. The molecule has 1 aromatic heterocycles. The number of methoxy groups -OCH3 is 1. The van der Waals surface area contributed by atoms with Crippen molar-refractivity contribution < 1.29 is 14.3 Å². The third kappa shape index (κ3) is 4.70. The molecule has 27 heavy (non-hydrogen) atoms. The van der Waals surface area contributed by atoms with Crippen molar-refractivity contribution in [2.45, 2.75) is 12.1 Å². The maximum absolute atomic E-state index is 12.2. The van der Waals surface area contributed by atoms with Crippen LogP contribution in [0.25, 0.3) is 5.69 Å². The van der Waals surface area contributed by atoms with E-state index in [1.807, 2.05) is 24.3 Å². The molecule has 3 aromatic rings. The summed E-state index contributed by atoms with van der Waals surface area (Å²) >= 11 is 1.22. The van der Waals surface area contributed by atoms with Gasteiger partial charge < -0.3 is 10.1 Å². The van der Waals surface area contributed by atoms with Crippen molar-refractivity contribution in [2.75, 3.05) is 18.2 Å². The monoisotopic (exact) mass is 383 g/mol. The van der Waals surface area contributed by atoms with Crippen molar-refractivity contribution in [1.29, 1.82) is 0 Å². The Balaban J connectivity index is 1.60. The van der Waals surface area contributed by atoms with Gasteiger partial charge in [-0.1, -0.05) is 11.8 Å². The zero-order valence-corrected chi connectivity index (χ0v) is 15.6. The van der Waals surface area contributed by atoms with Crippen molar-refractivity contribution in [2.24, 2.45) is 0 Å². The number of carbonyl (C=O) groups excluding carboxylic acids is 2. The van der Waals surface area contributed by atoms with Crippen molar-refractivity contribution >= 4 is 29.1 Å². The fraction of sp³-hybridized carbons (Fsp3) is 0.167. The van der Waals surface area contributed by atoms with Crippen molar-refractivity contribution in [3.05, 3.63) is 54.1 Å². The molecule has 0 bridgehead atoms. The molecule has 9 heteroatoms. The number of amides is 1. The third-order valence-corrected chi connectivity index (χ3v) is 4.58. The minimum atomic E-state index is -0.195. The van der Waals surface area contributed by atoms with E-state index in [0.29, 0.717) is 16.4 Å². The summed E-state index contributed by atoms with van der Waals surface area (Å²) in [5, 5.41) is 14.9. The first-order valence-corrected chi connectivity index (χ1v) is 9.02. The molecular formula is C18H17N5O3S. The first-order chi connectivity index (χ1) is 13.1. The Kier molecular flexibility index (Phi) is 5.82. The number of rotatable bonds is 7. The standard InChI is InChI=1S/C18H17N5O3S/c1-12(24)13-3-5-14(6-4-13)19-17(25)11-27-18-20-21-22-23(18)15-7-9-16(26-2)10-8-15/h3-10H,11H2,1-2H3,(H,19,25). The van der Waals surface area contributed by atoms with Crippen LogP contribution in [0.2, 0.25) is 0 Å². The quantitative estimate of drug-likeness (QED) is 0.494. The largest absolute Gasteiger partial charge is 0.497 e. The number of aromatic nitrogens is 4. The summed E-state index contributed by atoms with van der Waals surface area (Å²) in [7, 11) is 1.60. The van der Waals surface area contributed by atoms with Gasteiger partial charge in [0, 0.05) is 11.3 Å². The second-order valence-corrected chi connectivity index (χ2v) is 6.48. The second kappa shape index (κ2) is 8.45. The molecule has 0 atom stereocenters. The minimum absolute atomic E-state index is 0.0196. The Bertz CT molecular complexity index is 938. The number of ketones is 1. The number of tetrazole rings is 1. The van der Waals surface area contributed by atoms with Gasteiger partial charge in [0.1, 0.15) is 5.75 Å². The Morgan fingerprint density at radius 2 is 1.81 bits per heavy atom. The van der Waals surface area contributed by atoms with E-state index >= 15 is 0 Å². The molecular weight excluding hydrogens is 366 g/mol.